The van der Waals surface area contributed by atoms with Crippen molar-refractivity contribution in [1.29, 1.82) is 0 Å². The molecule has 1 N–H and O–H groups in total. The average molecular weight is 354 g/mol. The Kier molecular flexibility index (Phi) is 6.15. The van der Waals surface area contributed by atoms with Crippen molar-refractivity contribution < 1.29 is 13.2 Å². The minimum Gasteiger partial charge on any atom is -0.494 e. The zero-order valence-corrected chi connectivity index (χ0v) is 15.2. The van der Waals surface area contributed by atoms with Crippen molar-refractivity contribution >= 4 is 21.4 Å². The fourth-order valence-electron chi connectivity index (χ4n) is 1.96. The second kappa shape index (κ2) is 7.90. The number of ether oxygens (including phenoxy) is 1. The molecule has 0 fully saturated rings. The standard InChI is InChI=1S/C16H22N2O3S2/c1-4-21-13-5-7-14(8-6-13)23(19,20)17-10-9-16-18-15(11-22-16)12(2)3/h5-8,11-12,17H,4,9-10H2,1-3H3. The Balaban J connectivity index is 1.92. The van der Waals surface area contributed by atoms with Crippen molar-refractivity contribution in [3.63, 3.8) is 0 Å². The number of sulfonamides is 1. The van der Waals surface area contributed by atoms with Crippen LogP contribution in [0.3, 0.4) is 0 Å². The highest BCUT2D eigenvalue weighted by Gasteiger charge is 2.14. The van der Waals surface area contributed by atoms with Gasteiger partial charge < -0.3 is 4.74 Å². The third kappa shape index (κ3) is 5.02. The van der Waals surface area contributed by atoms with Crippen molar-refractivity contribution in [1.82, 2.24) is 9.71 Å². The molecule has 0 saturated carbocycles. The lowest BCUT2D eigenvalue weighted by molar-refractivity contribution is 0.340. The third-order valence-electron chi connectivity index (χ3n) is 3.24. The molecule has 0 unspecified atom stereocenters. The minimum atomic E-state index is -3.50. The maximum atomic E-state index is 12.2. The Morgan fingerprint density at radius 2 is 1.96 bits per heavy atom. The Morgan fingerprint density at radius 3 is 2.52 bits per heavy atom. The first-order valence-corrected chi connectivity index (χ1v) is 9.95. The number of nitrogens with zero attached hydrogens (tertiary/aromatic N) is 1. The first kappa shape index (κ1) is 17.9. The predicted octanol–water partition coefficient (Wildman–Crippen LogP) is 3.19. The quantitative estimate of drug-likeness (QED) is 0.790. The zero-order valence-electron chi connectivity index (χ0n) is 13.6. The summed E-state index contributed by atoms with van der Waals surface area (Å²) in [4.78, 5) is 4.74. The van der Waals surface area contributed by atoms with Crippen molar-refractivity contribution in [2.24, 2.45) is 0 Å². The van der Waals surface area contributed by atoms with E-state index in [1.165, 1.54) is 0 Å². The number of nitrogens with one attached hydrogen (secondary N) is 1. The summed E-state index contributed by atoms with van der Waals surface area (Å²) in [7, 11) is -3.50. The topological polar surface area (TPSA) is 68.3 Å². The van der Waals surface area contributed by atoms with Crippen LogP contribution in [0.2, 0.25) is 0 Å². The molecule has 0 aliphatic rings. The SMILES string of the molecule is CCOc1ccc(S(=O)(=O)NCCc2nc(C(C)C)cs2)cc1. The predicted molar refractivity (Wildman–Crippen MR) is 92.7 cm³/mol. The van der Waals surface area contributed by atoms with E-state index in [0.717, 1.165) is 10.7 Å². The molecule has 2 aromatic rings. The molecule has 5 nitrogen and oxygen atoms in total. The second-order valence-electron chi connectivity index (χ2n) is 5.37. The van der Waals surface area contributed by atoms with Crippen molar-refractivity contribution in [3.8, 4) is 5.75 Å². The van der Waals surface area contributed by atoms with E-state index in [1.807, 2.05) is 12.3 Å². The number of hydrogen-bond donors (Lipinski definition) is 1. The van der Waals surface area contributed by atoms with Gasteiger partial charge in [0.1, 0.15) is 5.75 Å². The monoisotopic (exact) mass is 354 g/mol. The number of benzene rings is 1. The molecule has 0 bridgehead atoms. The highest BCUT2D eigenvalue weighted by atomic mass is 32.2. The van der Waals surface area contributed by atoms with E-state index in [1.54, 1.807) is 35.6 Å². The summed E-state index contributed by atoms with van der Waals surface area (Å²) in [6, 6.07) is 6.42. The van der Waals surface area contributed by atoms with Crippen molar-refractivity contribution in [3.05, 3.63) is 40.3 Å². The molecule has 2 rings (SSSR count). The van der Waals surface area contributed by atoms with Crippen LogP contribution in [0.25, 0.3) is 0 Å². The minimum absolute atomic E-state index is 0.239. The molecule has 0 amide bonds. The fourth-order valence-corrected chi connectivity index (χ4v) is 3.95. The summed E-state index contributed by atoms with van der Waals surface area (Å²) in [6.07, 6.45) is 0.591. The van der Waals surface area contributed by atoms with Gasteiger partial charge in [-0.05, 0) is 37.1 Å². The number of aromatic nitrogens is 1. The van der Waals surface area contributed by atoms with Crippen LogP contribution in [0.1, 0.15) is 37.4 Å². The van der Waals surface area contributed by atoms with E-state index in [4.69, 9.17) is 4.74 Å². The summed E-state index contributed by atoms with van der Waals surface area (Å²) < 4.78 is 32.4. The molecular formula is C16H22N2O3S2. The number of rotatable bonds is 8. The van der Waals surface area contributed by atoms with E-state index in [0.29, 0.717) is 31.2 Å². The Labute approximate surface area is 141 Å². The van der Waals surface area contributed by atoms with Crippen molar-refractivity contribution in [2.45, 2.75) is 38.0 Å². The van der Waals surface area contributed by atoms with Gasteiger partial charge in [0, 0.05) is 18.3 Å². The molecular weight excluding hydrogens is 332 g/mol. The van der Waals surface area contributed by atoms with E-state index < -0.39 is 10.0 Å². The van der Waals surface area contributed by atoms with Gasteiger partial charge in [0.15, 0.2) is 0 Å². The third-order valence-corrected chi connectivity index (χ3v) is 5.64. The van der Waals surface area contributed by atoms with Crippen LogP contribution >= 0.6 is 11.3 Å². The van der Waals surface area contributed by atoms with Crippen LogP contribution < -0.4 is 9.46 Å². The van der Waals surface area contributed by atoms with Gasteiger partial charge in [-0.1, -0.05) is 13.8 Å². The second-order valence-corrected chi connectivity index (χ2v) is 8.08. The van der Waals surface area contributed by atoms with Gasteiger partial charge in [0.25, 0.3) is 0 Å². The van der Waals surface area contributed by atoms with Crippen LogP contribution in [-0.2, 0) is 16.4 Å². The molecule has 0 saturated heterocycles. The van der Waals surface area contributed by atoms with Gasteiger partial charge in [-0.2, -0.15) is 0 Å². The van der Waals surface area contributed by atoms with Crippen LogP contribution in [0.5, 0.6) is 5.75 Å². The largest absolute Gasteiger partial charge is 0.494 e. The lowest BCUT2D eigenvalue weighted by atomic mass is 10.2. The molecule has 0 spiro atoms. The van der Waals surface area contributed by atoms with E-state index in [9.17, 15) is 8.42 Å². The first-order valence-electron chi connectivity index (χ1n) is 7.59. The summed E-state index contributed by atoms with van der Waals surface area (Å²) in [6.45, 7) is 6.95. The highest BCUT2D eigenvalue weighted by Crippen LogP contribution is 2.18. The van der Waals surface area contributed by atoms with Crippen LogP contribution in [0.15, 0.2) is 34.5 Å². The maximum absolute atomic E-state index is 12.2. The van der Waals surface area contributed by atoms with Gasteiger partial charge in [-0.25, -0.2) is 18.1 Å². The summed E-state index contributed by atoms with van der Waals surface area (Å²) in [5.74, 6) is 1.05. The van der Waals surface area contributed by atoms with E-state index in [-0.39, 0.29) is 4.90 Å². The first-order chi connectivity index (χ1) is 10.9. The number of thiazole rings is 1. The molecule has 126 valence electrons. The smallest absolute Gasteiger partial charge is 0.240 e. The Bertz CT molecular complexity index is 722. The molecule has 23 heavy (non-hydrogen) atoms. The molecule has 1 aromatic heterocycles. The van der Waals surface area contributed by atoms with Gasteiger partial charge in [0.05, 0.1) is 22.2 Å². The fraction of sp³-hybridized carbons (Fsp3) is 0.438. The lowest BCUT2D eigenvalue weighted by Gasteiger charge is -2.07. The normalized spacial score (nSPS) is 11.8. The van der Waals surface area contributed by atoms with Gasteiger partial charge >= 0.3 is 0 Å². The van der Waals surface area contributed by atoms with E-state index in [2.05, 4.69) is 23.6 Å². The molecule has 0 atom stereocenters. The average Bonchev–Trinajstić information content (AvgIpc) is 2.97. The Hall–Kier alpha value is -1.44. The molecule has 7 heteroatoms. The number of hydrogen-bond acceptors (Lipinski definition) is 5. The summed E-state index contributed by atoms with van der Waals surface area (Å²) in [5, 5.41) is 2.98. The molecule has 1 heterocycles. The highest BCUT2D eigenvalue weighted by molar-refractivity contribution is 7.89. The van der Waals surface area contributed by atoms with Gasteiger partial charge in [-0.15, -0.1) is 11.3 Å². The molecule has 0 aliphatic heterocycles. The van der Waals surface area contributed by atoms with Gasteiger partial charge in [0.2, 0.25) is 10.0 Å². The van der Waals surface area contributed by atoms with Crippen LogP contribution in [0, 0.1) is 0 Å². The van der Waals surface area contributed by atoms with Gasteiger partial charge in [-0.3, -0.25) is 0 Å². The van der Waals surface area contributed by atoms with Crippen molar-refractivity contribution in [2.75, 3.05) is 13.2 Å². The summed E-state index contributed by atoms with van der Waals surface area (Å²) in [5.41, 5.74) is 1.05. The lowest BCUT2D eigenvalue weighted by Crippen LogP contribution is -2.25. The molecule has 0 aliphatic carbocycles. The van der Waals surface area contributed by atoms with E-state index >= 15 is 0 Å². The molecule has 0 radical (unpaired) electrons. The zero-order chi connectivity index (χ0) is 16.9. The van der Waals surface area contributed by atoms with Crippen LogP contribution in [-0.4, -0.2) is 26.6 Å². The maximum Gasteiger partial charge on any atom is 0.240 e. The van der Waals surface area contributed by atoms with Crippen LogP contribution in [0.4, 0.5) is 0 Å². The molecule has 1 aromatic carbocycles. The summed E-state index contributed by atoms with van der Waals surface area (Å²) >= 11 is 1.57. The Morgan fingerprint density at radius 1 is 1.26 bits per heavy atom.